The van der Waals surface area contributed by atoms with Gasteiger partial charge in [-0.1, -0.05) is 16.7 Å². The van der Waals surface area contributed by atoms with E-state index in [0.717, 1.165) is 17.3 Å². The van der Waals surface area contributed by atoms with Crippen molar-refractivity contribution in [1.82, 2.24) is 10.2 Å². The lowest BCUT2D eigenvalue weighted by atomic mass is 10.2. The summed E-state index contributed by atoms with van der Waals surface area (Å²) >= 11 is 9.20. The van der Waals surface area contributed by atoms with E-state index in [4.69, 9.17) is 16.0 Å². The maximum absolute atomic E-state index is 12.0. The number of hydrogen-bond acceptors (Lipinski definition) is 4. The lowest BCUT2D eigenvalue weighted by Crippen LogP contribution is -2.12. The highest BCUT2D eigenvalue weighted by Crippen LogP contribution is 2.39. The Labute approximate surface area is 122 Å². The van der Waals surface area contributed by atoms with Crippen LogP contribution in [-0.2, 0) is 0 Å². The number of benzene rings is 1. The minimum Gasteiger partial charge on any atom is -0.408 e. The Morgan fingerprint density at radius 3 is 2.89 bits per heavy atom. The number of carbonyl (C=O) groups excluding carboxylic acids is 1. The molecule has 1 heterocycles. The van der Waals surface area contributed by atoms with Crippen LogP contribution in [0.4, 0.5) is 6.01 Å². The van der Waals surface area contributed by atoms with Crippen LogP contribution in [-0.4, -0.2) is 16.1 Å². The van der Waals surface area contributed by atoms with E-state index in [1.807, 2.05) is 0 Å². The molecule has 3 rings (SSSR count). The first-order valence-electron chi connectivity index (χ1n) is 5.73. The largest absolute Gasteiger partial charge is 0.408 e. The minimum atomic E-state index is -0.333. The zero-order valence-electron chi connectivity index (χ0n) is 9.69. The zero-order valence-corrected chi connectivity index (χ0v) is 12.0. The molecule has 2 aromatic rings. The van der Waals surface area contributed by atoms with E-state index >= 15 is 0 Å². The lowest BCUT2D eigenvalue weighted by Gasteiger charge is -2.02. The molecule has 7 heteroatoms. The fourth-order valence-corrected chi connectivity index (χ4v) is 2.01. The first-order chi connectivity index (χ1) is 9.13. The van der Waals surface area contributed by atoms with Crippen LogP contribution in [0.1, 0.15) is 35.0 Å². The van der Waals surface area contributed by atoms with Crippen molar-refractivity contribution in [3.63, 3.8) is 0 Å². The summed E-state index contributed by atoms with van der Waals surface area (Å²) < 4.78 is 6.09. The summed E-state index contributed by atoms with van der Waals surface area (Å²) in [5.74, 6) is 0.616. The molecule has 19 heavy (non-hydrogen) atoms. The average molecular weight is 343 g/mol. The standard InChI is InChI=1S/C12H9BrClN3O2/c13-8-4-3-7(5-9(8)14)10(18)15-12-17-16-11(19-12)6-1-2-6/h3-6H,1-2H2,(H,15,17,18). The molecule has 0 unspecified atom stereocenters. The second-order valence-corrected chi connectivity index (χ2v) is 5.56. The third-order valence-corrected chi connectivity index (χ3v) is 4.00. The predicted octanol–water partition coefficient (Wildman–Crippen LogP) is 3.62. The van der Waals surface area contributed by atoms with Crippen LogP contribution < -0.4 is 5.32 Å². The summed E-state index contributed by atoms with van der Waals surface area (Å²) in [7, 11) is 0. The van der Waals surface area contributed by atoms with E-state index in [2.05, 4.69) is 31.4 Å². The molecule has 1 aliphatic rings. The van der Waals surface area contributed by atoms with Crippen molar-refractivity contribution < 1.29 is 9.21 Å². The first-order valence-corrected chi connectivity index (χ1v) is 6.90. The van der Waals surface area contributed by atoms with Gasteiger partial charge >= 0.3 is 6.01 Å². The highest BCUT2D eigenvalue weighted by Gasteiger charge is 2.29. The molecular formula is C12H9BrClN3O2. The van der Waals surface area contributed by atoms with Gasteiger partial charge in [0.1, 0.15) is 0 Å². The maximum Gasteiger partial charge on any atom is 0.322 e. The van der Waals surface area contributed by atoms with Crippen LogP contribution in [0.2, 0.25) is 5.02 Å². The number of anilines is 1. The van der Waals surface area contributed by atoms with Gasteiger partial charge in [-0.15, -0.1) is 5.10 Å². The Morgan fingerprint density at radius 1 is 1.42 bits per heavy atom. The van der Waals surface area contributed by atoms with Gasteiger partial charge < -0.3 is 4.42 Å². The van der Waals surface area contributed by atoms with E-state index in [-0.39, 0.29) is 11.9 Å². The summed E-state index contributed by atoms with van der Waals surface area (Å²) in [5, 5.41) is 10.7. The van der Waals surface area contributed by atoms with E-state index in [9.17, 15) is 4.79 Å². The fourth-order valence-electron chi connectivity index (χ4n) is 1.59. The summed E-state index contributed by atoms with van der Waals surface area (Å²) in [6, 6.07) is 5.05. The van der Waals surface area contributed by atoms with E-state index in [0.29, 0.717) is 22.4 Å². The molecule has 1 fully saturated rings. The number of nitrogens with one attached hydrogen (secondary N) is 1. The van der Waals surface area contributed by atoms with Gasteiger partial charge in [-0.2, -0.15) is 0 Å². The molecule has 0 aliphatic heterocycles. The number of hydrogen-bond donors (Lipinski definition) is 1. The highest BCUT2D eigenvalue weighted by atomic mass is 79.9. The average Bonchev–Trinajstić information content (AvgIpc) is 3.14. The van der Waals surface area contributed by atoms with Gasteiger partial charge in [0.05, 0.1) is 5.02 Å². The van der Waals surface area contributed by atoms with Crippen LogP contribution in [0.25, 0.3) is 0 Å². The number of aromatic nitrogens is 2. The van der Waals surface area contributed by atoms with Crippen LogP contribution in [0, 0.1) is 0 Å². The number of amides is 1. The fraction of sp³-hybridized carbons (Fsp3) is 0.250. The molecular weight excluding hydrogens is 334 g/mol. The van der Waals surface area contributed by atoms with Gasteiger partial charge in [0.25, 0.3) is 5.91 Å². The molecule has 0 bridgehead atoms. The van der Waals surface area contributed by atoms with Gasteiger partial charge in [0.15, 0.2) is 0 Å². The van der Waals surface area contributed by atoms with Crippen molar-refractivity contribution in [2.24, 2.45) is 0 Å². The van der Waals surface area contributed by atoms with Crippen molar-refractivity contribution in [2.75, 3.05) is 5.32 Å². The van der Waals surface area contributed by atoms with Crippen LogP contribution in [0.15, 0.2) is 27.1 Å². The Hall–Kier alpha value is -1.40. The molecule has 1 saturated carbocycles. The summed E-state index contributed by atoms with van der Waals surface area (Å²) in [4.78, 5) is 12.0. The van der Waals surface area contributed by atoms with Gasteiger partial charge in [-0.3, -0.25) is 10.1 Å². The first kappa shape index (κ1) is 12.6. The molecule has 1 aromatic heterocycles. The summed E-state index contributed by atoms with van der Waals surface area (Å²) in [5.41, 5.74) is 0.430. The van der Waals surface area contributed by atoms with Crippen molar-refractivity contribution in [1.29, 1.82) is 0 Å². The minimum absolute atomic E-state index is 0.117. The second-order valence-electron chi connectivity index (χ2n) is 4.30. The van der Waals surface area contributed by atoms with Crippen LogP contribution >= 0.6 is 27.5 Å². The SMILES string of the molecule is O=C(Nc1nnc(C2CC2)o1)c1ccc(Br)c(Cl)c1. The number of halogens is 2. The Balaban J connectivity index is 1.74. The molecule has 5 nitrogen and oxygen atoms in total. The number of carbonyl (C=O) groups is 1. The van der Waals surface area contributed by atoms with Gasteiger partial charge in [0.2, 0.25) is 5.89 Å². The normalized spacial score (nSPS) is 14.4. The monoisotopic (exact) mass is 341 g/mol. The summed E-state index contributed by atoms with van der Waals surface area (Å²) in [6.07, 6.45) is 2.13. The van der Waals surface area contributed by atoms with Crippen LogP contribution in [0.3, 0.4) is 0 Å². The van der Waals surface area contributed by atoms with Gasteiger partial charge in [-0.25, -0.2) is 0 Å². The molecule has 0 spiro atoms. The molecule has 1 aliphatic carbocycles. The van der Waals surface area contributed by atoms with Crippen molar-refractivity contribution in [2.45, 2.75) is 18.8 Å². The lowest BCUT2D eigenvalue weighted by molar-refractivity contribution is 0.102. The third-order valence-electron chi connectivity index (χ3n) is 2.77. The van der Waals surface area contributed by atoms with Crippen molar-refractivity contribution in [3.05, 3.63) is 39.1 Å². The van der Waals surface area contributed by atoms with E-state index < -0.39 is 0 Å². The molecule has 98 valence electrons. The summed E-state index contributed by atoms with van der Waals surface area (Å²) in [6.45, 7) is 0. The Kier molecular flexibility index (Phi) is 3.28. The number of rotatable bonds is 3. The van der Waals surface area contributed by atoms with Gasteiger partial charge in [0, 0.05) is 16.0 Å². The molecule has 1 amide bonds. The molecule has 1 aromatic carbocycles. The van der Waals surface area contributed by atoms with Crippen molar-refractivity contribution in [3.8, 4) is 0 Å². The highest BCUT2D eigenvalue weighted by molar-refractivity contribution is 9.10. The second kappa shape index (κ2) is 4.94. The maximum atomic E-state index is 12.0. The smallest absolute Gasteiger partial charge is 0.322 e. The van der Waals surface area contributed by atoms with E-state index in [1.165, 1.54) is 0 Å². The van der Waals surface area contributed by atoms with Crippen LogP contribution in [0.5, 0.6) is 0 Å². The topological polar surface area (TPSA) is 68.0 Å². The Morgan fingerprint density at radius 2 is 2.21 bits per heavy atom. The van der Waals surface area contributed by atoms with E-state index in [1.54, 1.807) is 18.2 Å². The zero-order chi connectivity index (χ0) is 13.4. The predicted molar refractivity (Wildman–Crippen MR) is 73.4 cm³/mol. The molecule has 0 saturated heterocycles. The quantitative estimate of drug-likeness (QED) is 0.925. The molecule has 0 radical (unpaired) electrons. The molecule has 0 atom stereocenters. The van der Waals surface area contributed by atoms with Gasteiger partial charge in [-0.05, 0) is 47.0 Å². The molecule has 1 N–H and O–H groups in total. The Bertz CT molecular complexity index is 640. The number of nitrogens with zero attached hydrogens (tertiary/aromatic N) is 2. The van der Waals surface area contributed by atoms with Crippen molar-refractivity contribution >= 4 is 39.5 Å². The third kappa shape index (κ3) is 2.79.